The van der Waals surface area contributed by atoms with E-state index in [1.54, 1.807) is 23.1 Å². The van der Waals surface area contributed by atoms with E-state index in [4.69, 9.17) is 4.74 Å². The van der Waals surface area contributed by atoms with E-state index < -0.39 is 36.2 Å². The van der Waals surface area contributed by atoms with Crippen LogP contribution in [0, 0.1) is 11.7 Å². The van der Waals surface area contributed by atoms with Crippen molar-refractivity contribution in [1.29, 1.82) is 0 Å². The fraction of sp³-hybridized carbons (Fsp3) is 0.519. The molecule has 2 aliphatic rings. The van der Waals surface area contributed by atoms with Gasteiger partial charge in [0.1, 0.15) is 5.82 Å². The van der Waals surface area contributed by atoms with Gasteiger partial charge in [-0.3, -0.25) is 4.79 Å². The van der Waals surface area contributed by atoms with Gasteiger partial charge >= 0.3 is 12.4 Å². The summed E-state index contributed by atoms with van der Waals surface area (Å²) in [5.74, 6) is -0.297. The first-order valence-corrected chi connectivity index (χ1v) is 12.2. The van der Waals surface area contributed by atoms with Crippen LogP contribution in [0.1, 0.15) is 43.9 Å². The SMILES string of the molecule is CC.CC1C(OCc2cc(C(F)(F)F)cc(C(F)(F)F)c2)CN2C(=O)CC(N(C)C)C12.Fc1ccccc1. The van der Waals surface area contributed by atoms with Gasteiger partial charge in [-0.15, -0.1) is 0 Å². The van der Waals surface area contributed by atoms with Crippen molar-refractivity contribution < 1.29 is 40.3 Å². The molecule has 4 nitrogen and oxygen atoms in total. The molecule has 212 valence electrons. The first-order valence-electron chi connectivity index (χ1n) is 12.2. The van der Waals surface area contributed by atoms with Crippen LogP contribution in [-0.4, -0.2) is 54.5 Å². The second-order valence-corrected chi connectivity index (χ2v) is 9.19. The lowest BCUT2D eigenvalue weighted by atomic mass is 9.94. The van der Waals surface area contributed by atoms with Crippen LogP contribution in [0.25, 0.3) is 0 Å². The third-order valence-corrected chi connectivity index (χ3v) is 6.47. The molecular weight excluding hydrogens is 517 g/mol. The Morgan fingerprint density at radius 1 is 0.947 bits per heavy atom. The molecule has 2 aliphatic heterocycles. The Hall–Kier alpha value is -2.66. The van der Waals surface area contributed by atoms with Gasteiger partial charge in [0.15, 0.2) is 0 Å². The number of ether oxygens (including phenoxy) is 1. The molecule has 11 heteroatoms. The number of rotatable bonds is 4. The van der Waals surface area contributed by atoms with Gasteiger partial charge in [0, 0.05) is 24.9 Å². The van der Waals surface area contributed by atoms with Crippen molar-refractivity contribution in [2.45, 2.75) is 64.3 Å². The molecule has 0 bridgehead atoms. The Morgan fingerprint density at radius 2 is 1.47 bits per heavy atom. The number of fused-ring (bicyclic) bond motifs is 1. The lowest BCUT2D eigenvalue weighted by molar-refractivity contribution is -0.143. The van der Waals surface area contributed by atoms with Crippen molar-refractivity contribution >= 4 is 5.91 Å². The average molecular weight is 551 g/mol. The predicted octanol–water partition coefficient (Wildman–Crippen LogP) is 6.64. The van der Waals surface area contributed by atoms with Crippen LogP contribution in [0.4, 0.5) is 30.7 Å². The largest absolute Gasteiger partial charge is 0.416 e. The number of likely N-dealkylation sites (N-methyl/N-ethyl adjacent to an activating group) is 1. The normalized spacial score (nSPS) is 23.0. The van der Waals surface area contributed by atoms with E-state index in [0.717, 1.165) is 0 Å². The van der Waals surface area contributed by atoms with Crippen molar-refractivity contribution in [3.8, 4) is 0 Å². The van der Waals surface area contributed by atoms with Crippen LogP contribution in [0.2, 0.25) is 0 Å². The Labute approximate surface area is 218 Å². The summed E-state index contributed by atoms with van der Waals surface area (Å²) in [6, 6.07) is 9.28. The van der Waals surface area contributed by atoms with Crippen molar-refractivity contribution in [2.24, 2.45) is 5.92 Å². The van der Waals surface area contributed by atoms with E-state index in [1.165, 1.54) is 12.1 Å². The van der Waals surface area contributed by atoms with Crippen LogP contribution in [-0.2, 0) is 28.5 Å². The monoisotopic (exact) mass is 550 g/mol. The van der Waals surface area contributed by atoms with Gasteiger partial charge < -0.3 is 14.5 Å². The van der Waals surface area contributed by atoms with Gasteiger partial charge in [0.25, 0.3) is 0 Å². The number of carbonyl (C=O) groups is 1. The number of benzene rings is 2. The molecule has 0 saturated carbocycles. The highest BCUT2D eigenvalue weighted by atomic mass is 19.4. The van der Waals surface area contributed by atoms with Gasteiger partial charge in [-0.25, -0.2) is 4.39 Å². The lowest BCUT2D eigenvalue weighted by Gasteiger charge is -2.29. The highest BCUT2D eigenvalue weighted by Gasteiger charge is 2.51. The highest BCUT2D eigenvalue weighted by Crippen LogP contribution is 2.39. The Balaban J connectivity index is 0.000000481. The number of amides is 1. The summed E-state index contributed by atoms with van der Waals surface area (Å²) < 4.78 is 95.6. The maximum atomic E-state index is 13.0. The van der Waals surface area contributed by atoms with Crippen molar-refractivity contribution in [2.75, 3.05) is 20.6 Å². The molecule has 0 aliphatic carbocycles. The van der Waals surface area contributed by atoms with Crippen molar-refractivity contribution in [3.05, 3.63) is 71.0 Å². The molecule has 2 fully saturated rings. The summed E-state index contributed by atoms with van der Waals surface area (Å²) in [5.41, 5.74) is -2.94. The van der Waals surface area contributed by atoms with Crippen LogP contribution in [0.5, 0.6) is 0 Å². The molecule has 0 radical (unpaired) electrons. The zero-order valence-electron chi connectivity index (χ0n) is 21.9. The molecule has 4 atom stereocenters. The topological polar surface area (TPSA) is 32.8 Å². The van der Waals surface area contributed by atoms with Gasteiger partial charge in [-0.2, -0.15) is 26.3 Å². The van der Waals surface area contributed by atoms with Crippen LogP contribution >= 0.6 is 0 Å². The van der Waals surface area contributed by atoms with E-state index in [2.05, 4.69) is 0 Å². The summed E-state index contributed by atoms with van der Waals surface area (Å²) in [6.45, 7) is 5.77. The third-order valence-electron chi connectivity index (χ3n) is 6.47. The molecule has 2 aromatic carbocycles. The molecule has 2 heterocycles. The molecule has 0 spiro atoms. The van der Waals surface area contributed by atoms with Crippen molar-refractivity contribution in [1.82, 2.24) is 9.80 Å². The third kappa shape index (κ3) is 7.92. The molecule has 38 heavy (non-hydrogen) atoms. The number of halogens is 7. The average Bonchev–Trinajstić information content (AvgIpc) is 3.35. The summed E-state index contributed by atoms with van der Waals surface area (Å²) >= 11 is 0. The standard InChI is InChI=1S/C19H22F6N2O2.C6H5F.C2H6/c1-10-15(8-27-16(28)7-14(17(10)27)26(2)3)29-9-11-4-12(18(20,21)22)6-13(5-11)19(23,24)25;7-6-4-2-1-3-5-6;1-2/h4-6,10,14-15,17H,7-9H2,1-3H3;1-5H;1-2H3. The molecule has 0 N–H and O–H groups in total. The Kier molecular flexibility index (Phi) is 10.7. The minimum atomic E-state index is -4.90. The number of hydrogen-bond acceptors (Lipinski definition) is 3. The minimum absolute atomic E-state index is 0.00325. The predicted molar refractivity (Wildman–Crippen MR) is 130 cm³/mol. The summed E-state index contributed by atoms with van der Waals surface area (Å²) in [5, 5.41) is 0. The number of hydrogen-bond donors (Lipinski definition) is 0. The lowest BCUT2D eigenvalue weighted by Crippen LogP contribution is -2.42. The molecule has 1 amide bonds. The summed E-state index contributed by atoms with van der Waals surface area (Å²) in [4.78, 5) is 15.9. The van der Waals surface area contributed by atoms with Gasteiger partial charge in [0.2, 0.25) is 5.91 Å². The molecule has 2 aromatic rings. The fourth-order valence-corrected chi connectivity index (χ4v) is 4.64. The molecule has 4 unspecified atom stereocenters. The van der Waals surface area contributed by atoms with E-state index in [0.29, 0.717) is 18.6 Å². The zero-order valence-corrected chi connectivity index (χ0v) is 21.9. The minimum Gasteiger partial charge on any atom is -0.371 e. The maximum absolute atomic E-state index is 13.0. The van der Waals surface area contributed by atoms with Crippen LogP contribution < -0.4 is 0 Å². The molecular formula is C27H33F7N2O2. The number of alkyl halides is 6. The van der Waals surface area contributed by atoms with E-state index in [1.807, 2.05) is 39.8 Å². The maximum Gasteiger partial charge on any atom is 0.416 e. The highest BCUT2D eigenvalue weighted by molar-refractivity contribution is 5.80. The Morgan fingerprint density at radius 3 is 1.89 bits per heavy atom. The van der Waals surface area contributed by atoms with Gasteiger partial charge in [-0.1, -0.05) is 39.0 Å². The van der Waals surface area contributed by atoms with E-state index in [9.17, 15) is 35.5 Å². The fourth-order valence-electron chi connectivity index (χ4n) is 4.64. The first kappa shape index (κ1) is 31.6. The van der Waals surface area contributed by atoms with Crippen LogP contribution in [0.15, 0.2) is 48.5 Å². The second kappa shape index (κ2) is 12.9. The van der Waals surface area contributed by atoms with Crippen LogP contribution in [0.3, 0.4) is 0 Å². The molecule has 4 rings (SSSR count). The van der Waals surface area contributed by atoms with Gasteiger partial charge in [-0.05, 0) is 50.0 Å². The smallest absolute Gasteiger partial charge is 0.371 e. The summed E-state index contributed by atoms with van der Waals surface area (Å²) in [7, 11) is 3.73. The Bertz CT molecular complexity index is 1010. The van der Waals surface area contributed by atoms with E-state index in [-0.39, 0.29) is 47.9 Å². The number of carbonyl (C=O) groups excluding carboxylic acids is 1. The van der Waals surface area contributed by atoms with E-state index >= 15 is 0 Å². The first-order chi connectivity index (χ1) is 17.7. The quantitative estimate of drug-likeness (QED) is 0.400. The molecule has 2 saturated heterocycles. The zero-order chi connectivity index (χ0) is 28.8. The summed E-state index contributed by atoms with van der Waals surface area (Å²) in [6.07, 6.45) is -9.87. The second-order valence-electron chi connectivity index (χ2n) is 9.19. The number of nitrogens with zero attached hydrogens (tertiary/aromatic N) is 2. The molecule has 0 aromatic heterocycles. The van der Waals surface area contributed by atoms with Gasteiger partial charge in [0.05, 0.1) is 29.9 Å². The van der Waals surface area contributed by atoms with Crippen molar-refractivity contribution in [3.63, 3.8) is 0 Å².